The highest BCUT2D eigenvalue weighted by Gasteiger charge is 2.40. The first kappa shape index (κ1) is 17.8. The molecule has 2 aliphatic rings. The van der Waals surface area contributed by atoms with E-state index in [9.17, 15) is 10.2 Å². The molecule has 0 aliphatic carbocycles. The molecule has 134 valence electrons. The molecule has 3 rings (SSSR count). The molecule has 2 saturated heterocycles. The lowest BCUT2D eigenvalue weighted by molar-refractivity contribution is -0.152. The highest BCUT2D eigenvalue weighted by Crippen LogP contribution is 2.28. The van der Waals surface area contributed by atoms with Crippen molar-refractivity contribution in [2.45, 2.75) is 37.4 Å². The lowest BCUT2D eigenvalue weighted by Crippen LogP contribution is -2.59. The van der Waals surface area contributed by atoms with Crippen LogP contribution in [0, 0.1) is 6.92 Å². The molecule has 2 aliphatic heterocycles. The third-order valence-electron chi connectivity index (χ3n) is 5.33. The molecule has 1 aromatic carbocycles. The molecular formula is C19H29NO4. The minimum atomic E-state index is -0.681. The van der Waals surface area contributed by atoms with Gasteiger partial charge >= 0.3 is 0 Å². The lowest BCUT2D eigenvalue weighted by Gasteiger charge is -2.45. The molecular weight excluding hydrogens is 306 g/mol. The van der Waals surface area contributed by atoms with Crippen LogP contribution in [0.4, 0.5) is 0 Å². The molecule has 0 radical (unpaired) electrons. The summed E-state index contributed by atoms with van der Waals surface area (Å²) in [4.78, 5) is 2.24. The van der Waals surface area contributed by atoms with Crippen LogP contribution >= 0.6 is 0 Å². The van der Waals surface area contributed by atoms with Gasteiger partial charge in [-0.3, -0.25) is 4.90 Å². The van der Waals surface area contributed by atoms with E-state index in [0.717, 1.165) is 6.54 Å². The second-order valence-electron chi connectivity index (χ2n) is 7.34. The number of β-amino-alcohol motifs (C(OH)–C–C–N with tert-alkyl or cyclic N) is 1. The van der Waals surface area contributed by atoms with Gasteiger partial charge in [0.2, 0.25) is 0 Å². The van der Waals surface area contributed by atoms with Crippen LogP contribution in [0.5, 0.6) is 0 Å². The first-order valence-electron chi connectivity index (χ1n) is 8.86. The summed E-state index contributed by atoms with van der Waals surface area (Å²) < 4.78 is 11.4. The Balaban J connectivity index is 1.68. The standard InChI is InChI=1S/C19H29NO4/c1-16-4-2-3-5-17(16)12-19(15-21)14-20(8-11-24-19)13-18(22)6-9-23-10-7-18/h2-5,21-22H,6-15H2,1H3/t19-/m1/s1. The van der Waals surface area contributed by atoms with Gasteiger partial charge in [0.1, 0.15) is 5.60 Å². The van der Waals surface area contributed by atoms with Gasteiger partial charge in [0, 0.05) is 52.1 Å². The van der Waals surface area contributed by atoms with Crippen molar-refractivity contribution in [1.82, 2.24) is 4.90 Å². The molecule has 1 aromatic rings. The molecule has 5 heteroatoms. The van der Waals surface area contributed by atoms with E-state index in [1.54, 1.807) is 0 Å². The Kier molecular flexibility index (Phi) is 5.57. The number of nitrogens with zero attached hydrogens (tertiary/aromatic N) is 1. The van der Waals surface area contributed by atoms with Crippen molar-refractivity contribution >= 4 is 0 Å². The van der Waals surface area contributed by atoms with Gasteiger partial charge < -0.3 is 19.7 Å². The first-order chi connectivity index (χ1) is 11.5. The van der Waals surface area contributed by atoms with Crippen molar-refractivity contribution in [1.29, 1.82) is 0 Å². The van der Waals surface area contributed by atoms with Crippen molar-refractivity contribution in [2.24, 2.45) is 0 Å². The molecule has 0 saturated carbocycles. The normalized spacial score (nSPS) is 28.0. The van der Waals surface area contributed by atoms with E-state index in [1.165, 1.54) is 11.1 Å². The van der Waals surface area contributed by atoms with Crippen LogP contribution in [-0.2, 0) is 15.9 Å². The number of rotatable bonds is 5. The van der Waals surface area contributed by atoms with Gasteiger partial charge in [-0.15, -0.1) is 0 Å². The van der Waals surface area contributed by atoms with Crippen molar-refractivity contribution in [2.75, 3.05) is 46.1 Å². The third kappa shape index (κ3) is 4.16. The number of morpholine rings is 1. The lowest BCUT2D eigenvalue weighted by atomic mass is 9.89. The Bertz CT molecular complexity index is 544. The van der Waals surface area contributed by atoms with Crippen LogP contribution in [0.1, 0.15) is 24.0 Å². The number of aryl methyl sites for hydroxylation is 1. The highest BCUT2D eigenvalue weighted by atomic mass is 16.5. The Morgan fingerprint density at radius 1 is 1.17 bits per heavy atom. The van der Waals surface area contributed by atoms with E-state index in [-0.39, 0.29) is 6.61 Å². The van der Waals surface area contributed by atoms with Gasteiger partial charge in [-0.25, -0.2) is 0 Å². The van der Waals surface area contributed by atoms with E-state index in [4.69, 9.17) is 9.47 Å². The van der Waals surface area contributed by atoms with Gasteiger partial charge in [-0.05, 0) is 18.1 Å². The Morgan fingerprint density at radius 2 is 1.92 bits per heavy atom. The van der Waals surface area contributed by atoms with Crippen LogP contribution in [0.3, 0.4) is 0 Å². The van der Waals surface area contributed by atoms with Crippen LogP contribution < -0.4 is 0 Å². The van der Waals surface area contributed by atoms with E-state index in [2.05, 4.69) is 24.0 Å². The number of aliphatic hydroxyl groups excluding tert-OH is 1. The maximum absolute atomic E-state index is 10.8. The molecule has 0 bridgehead atoms. The van der Waals surface area contributed by atoms with E-state index >= 15 is 0 Å². The SMILES string of the molecule is Cc1ccccc1C[C@]1(CO)CN(CC2(O)CCOCC2)CCO1. The monoisotopic (exact) mass is 335 g/mol. The van der Waals surface area contributed by atoms with Crippen LogP contribution in [-0.4, -0.2) is 72.4 Å². The molecule has 0 aromatic heterocycles. The minimum absolute atomic E-state index is 0.0145. The first-order valence-corrected chi connectivity index (χ1v) is 8.86. The van der Waals surface area contributed by atoms with Crippen molar-refractivity contribution in [3.8, 4) is 0 Å². The van der Waals surface area contributed by atoms with E-state index in [0.29, 0.717) is 52.2 Å². The predicted molar refractivity (Wildman–Crippen MR) is 92.1 cm³/mol. The summed E-state index contributed by atoms with van der Waals surface area (Å²) in [7, 11) is 0. The fraction of sp³-hybridized carbons (Fsp3) is 0.684. The number of benzene rings is 1. The zero-order chi connectivity index (χ0) is 17.0. The second-order valence-corrected chi connectivity index (χ2v) is 7.34. The molecule has 2 heterocycles. The van der Waals surface area contributed by atoms with Gasteiger partial charge in [0.05, 0.1) is 18.8 Å². The molecule has 5 nitrogen and oxygen atoms in total. The molecule has 2 fully saturated rings. The highest BCUT2D eigenvalue weighted by molar-refractivity contribution is 5.27. The smallest absolute Gasteiger partial charge is 0.108 e. The molecule has 1 atom stereocenters. The average Bonchev–Trinajstić information content (AvgIpc) is 2.57. The Labute approximate surface area is 144 Å². The molecule has 0 unspecified atom stereocenters. The predicted octanol–water partition coefficient (Wildman–Crippen LogP) is 1.14. The molecule has 0 spiro atoms. The summed E-state index contributed by atoms with van der Waals surface area (Å²) in [6.07, 6.45) is 2.04. The van der Waals surface area contributed by atoms with Crippen LogP contribution in [0.2, 0.25) is 0 Å². The third-order valence-corrected chi connectivity index (χ3v) is 5.33. The summed E-state index contributed by atoms with van der Waals surface area (Å²) in [5, 5.41) is 20.8. The number of aliphatic hydroxyl groups is 2. The number of ether oxygens (including phenoxy) is 2. The minimum Gasteiger partial charge on any atom is -0.393 e. The van der Waals surface area contributed by atoms with E-state index in [1.807, 2.05) is 12.1 Å². The van der Waals surface area contributed by atoms with Crippen LogP contribution in [0.25, 0.3) is 0 Å². The van der Waals surface area contributed by atoms with Gasteiger partial charge in [0.25, 0.3) is 0 Å². The second kappa shape index (κ2) is 7.50. The van der Waals surface area contributed by atoms with Crippen molar-refractivity contribution in [3.63, 3.8) is 0 Å². The fourth-order valence-electron chi connectivity index (χ4n) is 3.80. The summed E-state index contributed by atoms with van der Waals surface area (Å²) in [5.74, 6) is 0. The Morgan fingerprint density at radius 3 is 2.62 bits per heavy atom. The van der Waals surface area contributed by atoms with Crippen molar-refractivity contribution < 1.29 is 19.7 Å². The molecule has 0 amide bonds. The fourth-order valence-corrected chi connectivity index (χ4v) is 3.80. The number of hydrogen-bond acceptors (Lipinski definition) is 5. The van der Waals surface area contributed by atoms with E-state index < -0.39 is 11.2 Å². The summed E-state index contributed by atoms with van der Waals surface area (Å²) in [5.41, 5.74) is 1.15. The summed E-state index contributed by atoms with van der Waals surface area (Å²) in [6.45, 7) is 5.95. The van der Waals surface area contributed by atoms with Gasteiger partial charge in [-0.1, -0.05) is 24.3 Å². The van der Waals surface area contributed by atoms with Gasteiger partial charge in [0.15, 0.2) is 0 Å². The summed E-state index contributed by atoms with van der Waals surface area (Å²) >= 11 is 0. The van der Waals surface area contributed by atoms with Gasteiger partial charge in [-0.2, -0.15) is 0 Å². The van der Waals surface area contributed by atoms with Crippen LogP contribution in [0.15, 0.2) is 24.3 Å². The largest absolute Gasteiger partial charge is 0.393 e. The molecule has 24 heavy (non-hydrogen) atoms. The zero-order valence-corrected chi connectivity index (χ0v) is 14.5. The number of hydrogen-bond donors (Lipinski definition) is 2. The maximum Gasteiger partial charge on any atom is 0.108 e. The molecule has 2 N–H and O–H groups in total. The average molecular weight is 335 g/mol. The maximum atomic E-state index is 10.8. The zero-order valence-electron chi connectivity index (χ0n) is 14.5. The summed E-state index contributed by atoms with van der Waals surface area (Å²) in [6, 6.07) is 8.24. The Hall–Kier alpha value is -0.980. The topological polar surface area (TPSA) is 62.2 Å². The quantitative estimate of drug-likeness (QED) is 0.845. The van der Waals surface area contributed by atoms with Crippen molar-refractivity contribution in [3.05, 3.63) is 35.4 Å².